The fraction of sp³-hybridized carbons (Fsp3) is 0.207. The van der Waals surface area contributed by atoms with E-state index >= 15 is 0 Å². The van der Waals surface area contributed by atoms with Crippen LogP contribution >= 0.6 is 0 Å². The summed E-state index contributed by atoms with van der Waals surface area (Å²) in [4.78, 5) is 2.56. The Balaban J connectivity index is 1.30. The number of fused-ring (bicyclic) bond motifs is 3. The summed E-state index contributed by atoms with van der Waals surface area (Å²) < 4.78 is 2.47. The first-order valence-corrected chi connectivity index (χ1v) is 21.5. The number of para-hydroxylation sites is 2. The van der Waals surface area contributed by atoms with Gasteiger partial charge in [0.2, 0.25) is 0 Å². The minimum atomic E-state index is -0.0685. The van der Waals surface area contributed by atoms with Crippen molar-refractivity contribution in [3.05, 3.63) is 180 Å². The van der Waals surface area contributed by atoms with Crippen LogP contribution in [0.1, 0.15) is 79.0 Å². The molecular weight excluding hydrogens is 725 g/mol. The molecule has 0 saturated carbocycles. The maximum atomic E-state index is 2.56. The lowest BCUT2D eigenvalue weighted by Crippen LogP contribution is -2.20. The molecule has 0 radical (unpaired) electrons. The molecule has 0 aliphatic carbocycles. The van der Waals surface area contributed by atoms with E-state index in [9.17, 15) is 0 Å². The van der Waals surface area contributed by atoms with E-state index in [4.69, 9.17) is 0 Å². The van der Waals surface area contributed by atoms with Gasteiger partial charge in [0, 0.05) is 32.9 Å². The summed E-state index contributed by atoms with van der Waals surface area (Å²) in [5.74, 6) is 0. The highest BCUT2D eigenvalue weighted by Gasteiger charge is 2.27. The first-order valence-electron chi connectivity index (χ1n) is 21.5. The molecule has 60 heavy (non-hydrogen) atoms. The average molecular weight is 779 g/mol. The van der Waals surface area contributed by atoms with Gasteiger partial charge in [-0.25, -0.2) is 0 Å². The zero-order valence-corrected chi connectivity index (χ0v) is 36.5. The SMILES string of the molecule is CC(C)(C)c1cc(-c2ccccc2)cc(N(c2cc(C(C)(C)C)cc(C(C)(C)C)c2)c2ccc3ccc4c(-n5c6ccccc6c6ccccc65)ccc5ccc2c3c54)c1. The van der Waals surface area contributed by atoms with E-state index < -0.39 is 0 Å². The lowest BCUT2D eigenvalue weighted by molar-refractivity contribution is 0.569. The Morgan fingerprint density at radius 3 is 1.42 bits per heavy atom. The van der Waals surface area contributed by atoms with Crippen molar-refractivity contribution in [2.24, 2.45) is 0 Å². The van der Waals surface area contributed by atoms with Crippen LogP contribution in [-0.2, 0) is 16.2 Å². The van der Waals surface area contributed by atoms with Gasteiger partial charge in [-0.2, -0.15) is 0 Å². The molecule has 1 aromatic heterocycles. The van der Waals surface area contributed by atoms with Gasteiger partial charge < -0.3 is 9.47 Å². The van der Waals surface area contributed by atoms with Gasteiger partial charge in [0.25, 0.3) is 0 Å². The molecule has 0 fully saturated rings. The maximum absolute atomic E-state index is 2.56. The first kappa shape index (κ1) is 37.9. The predicted molar refractivity (Wildman–Crippen MR) is 261 cm³/mol. The number of nitrogens with zero attached hydrogens (tertiary/aromatic N) is 2. The van der Waals surface area contributed by atoms with Gasteiger partial charge in [-0.15, -0.1) is 0 Å². The standard InChI is InChI=1S/C58H54N2/c1-56(2,3)41-31-40(37-17-11-10-12-18-37)32-44(34-41)59(45-35-42(57(4,5)6)33-43(36-45)58(7,8)9)52-29-25-38-24-28-49-53(30-26-39-23-27-48(52)54(38)55(39)49)60-50-21-15-13-19-46(50)47-20-14-16-22-51(47)60/h10-36H,1-9H3. The van der Waals surface area contributed by atoms with Crippen molar-refractivity contribution in [1.29, 1.82) is 0 Å². The van der Waals surface area contributed by atoms with Crippen molar-refractivity contribution in [2.45, 2.75) is 78.6 Å². The van der Waals surface area contributed by atoms with Crippen molar-refractivity contribution in [3.8, 4) is 16.8 Å². The summed E-state index contributed by atoms with van der Waals surface area (Å²) in [5, 5.41) is 10.2. The molecule has 0 atom stereocenters. The Morgan fingerprint density at radius 1 is 0.367 bits per heavy atom. The molecule has 1 heterocycles. The third-order valence-electron chi connectivity index (χ3n) is 12.7. The molecule has 0 amide bonds. The van der Waals surface area contributed by atoms with E-state index in [0.717, 1.165) is 5.69 Å². The summed E-state index contributed by atoms with van der Waals surface area (Å²) in [5.41, 5.74) is 13.4. The Bertz CT molecular complexity index is 3160. The fourth-order valence-electron chi connectivity index (χ4n) is 9.35. The first-order chi connectivity index (χ1) is 28.6. The molecule has 0 spiro atoms. The molecule has 0 saturated heterocycles. The number of benzene rings is 9. The molecule has 2 nitrogen and oxygen atoms in total. The minimum absolute atomic E-state index is 0.0456. The molecule has 10 aromatic rings. The minimum Gasteiger partial charge on any atom is -0.310 e. The third-order valence-corrected chi connectivity index (χ3v) is 12.7. The van der Waals surface area contributed by atoms with Gasteiger partial charge in [-0.1, -0.05) is 178 Å². The molecule has 296 valence electrons. The van der Waals surface area contributed by atoms with Gasteiger partial charge in [-0.05, 0) is 114 Å². The van der Waals surface area contributed by atoms with E-state index in [0.29, 0.717) is 0 Å². The molecular formula is C58H54N2. The van der Waals surface area contributed by atoms with Crippen molar-refractivity contribution >= 4 is 71.2 Å². The highest BCUT2D eigenvalue weighted by molar-refractivity contribution is 6.27. The van der Waals surface area contributed by atoms with Crippen LogP contribution in [-0.4, -0.2) is 4.57 Å². The molecule has 0 unspecified atom stereocenters. The Hall–Kier alpha value is -6.38. The quantitative estimate of drug-likeness (QED) is 0.158. The van der Waals surface area contributed by atoms with Crippen LogP contribution in [0.3, 0.4) is 0 Å². The number of hydrogen-bond donors (Lipinski definition) is 0. The van der Waals surface area contributed by atoms with Crippen molar-refractivity contribution in [3.63, 3.8) is 0 Å². The second-order valence-electron chi connectivity index (χ2n) is 20.0. The van der Waals surface area contributed by atoms with Gasteiger partial charge in [0.1, 0.15) is 0 Å². The summed E-state index contributed by atoms with van der Waals surface area (Å²) in [7, 11) is 0. The van der Waals surface area contributed by atoms with Gasteiger partial charge in [0.15, 0.2) is 0 Å². The number of hydrogen-bond acceptors (Lipinski definition) is 1. The van der Waals surface area contributed by atoms with Gasteiger partial charge >= 0.3 is 0 Å². The molecule has 0 N–H and O–H groups in total. The largest absolute Gasteiger partial charge is 0.310 e. The van der Waals surface area contributed by atoms with Crippen LogP contribution in [0.2, 0.25) is 0 Å². The second kappa shape index (κ2) is 13.6. The Morgan fingerprint density at radius 2 is 0.833 bits per heavy atom. The number of aromatic nitrogens is 1. The number of anilines is 3. The number of rotatable bonds is 5. The summed E-state index contributed by atoms with van der Waals surface area (Å²) in [6, 6.07) is 61.8. The summed E-state index contributed by atoms with van der Waals surface area (Å²) in [6.07, 6.45) is 0. The van der Waals surface area contributed by atoms with Gasteiger partial charge in [-0.3, -0.25) is 0 Å². The van der Waals surface area contributed by atoms with Crippen LogP contribution in [0, 0.1) is 0 Å². The molecule has 10 rings (SSSR count). The highest BCUT2D eigenvalue weighted by atomic mass is 15.1. The molecule has 9 aromatic carbocycles. The monoisotopic (exact) mass is 778 g/mol. The van der Waals surface area contributed by atoms with E-state index in [2.05, 4.69) is 236 Å². The lowest BCUT2D eigenvalue weighted by Gasteiger charge is -2.33. The Labute approximate surface area is 355 Å². The van der Waals surface area contributed by atoms with Crippen LogP contribution in [0.15, 0.2) is 164 Å². The van der Waals surface area contributed by atoms with Crippen LogP contribution in [0.25, 0.3) is 70.9 Å². The summed E-state index contributed by atoms with van der Waals surface area (Å²) in [6.45, 7) is 21.0. The zero-order valence-electron chi connectivity index (χ0n) is 36.5. The van der Waals surface area contributed by atoms with E-state index in [-0.39, 0.29) is 16.2 Å². The topological polar surface area (TPSA) is 8.17 Å². The smallest absolute Gasteiger partial charge is 0.0541 e. The molecule has 0 bridgehead atoms. The molecule has 2 heteroatoms. The highest BCUT2D eigenvalue weighted by Crippen LogP contribution is 2.48. The van der Waals surface area contributed by atoms with E-state index in [1.807, 2.05) is 0 Å². The van der Waals surface area contributed by atoms with Crippen LogP contribution in [0.4, 0.5) is 17.1 Å². The molecule has 0 aliphatic rings. The second-order valence-corrected chi connectivity index (χ2v) is 20.0. The normalized spacial score (nSPS) is 12.8. The van der Waals surface area contributed by atoms with Gasteiger partial charge in [0.05, 0.1) is 22.4 Å². The Kier molecular flexibility index (Phi) is 8.57. The van der Waals surface area contributed by atoms with E-state index in [1.54, 1.807) is 0 Å². The lowest BCUT2D eigenvalue weighted by atomic mass is 9.80. The van der Waals surface area contributed by atoms with Crippen LogP contribution < -0.4 is 4.90 Å². The van der Waals surface area contributed by atoms with Crippen molar-refractivity contribution in [2.75, 3.05) is 4.90 Å². The van der Waals surface area contributed by atoms with Crippen molar-refractivity contribution in [1.82, 2.24) is 4.57 Å². The maximum Gasteiger partial charge on any atom is 0.0541 e. The molecule has 0 aliphatic heterocycles. The third kappa shape index (κ3) is 6.24. The average Bonchev–Trinajstić information content (AvgIpc) is 3.56. The fourth-order valence-corrected chi connectivity index (χ4v) is 9.35. The predicted octanol–water partition coefficient (Wildman–Crippen LogP) is 16.7. The summed E-state index contributed by atoms with van der Waals surface area (Å²) >= 11 is 0. The van der Waals surface area contributed by atoms with Crippen molar-refractivity contribution < 1.29 is 0 Å². The van der Waals surface area contributed by atoms with Crippen LogP contribution in [0.5, 0.6) is 0 Å². The van der Waals surface area contributed by atoms with E-state index in [1.165, 1.54) is 99.0 Å². The zero-order chi connectivity index (χ0) is 41.7.